The number of carbonyl (C=O) groups excluding carboxylic acids is 10. The average molecular weight is 1080 g/mol. The largest absolute Gasteiger partial charge is 0.508 e. The Bertz CT molecular complexity index is 2470. The summed E-state index contributed by atoms with van der Waals surface area (Å²) in [5.41, 5.74) is 11.7. The Morgan fingerprint density at radius 2 is 1.04 bits per heavy atom. The van der Waals surface area contributed by atoms with Crippen molar-refractivity contribution in [2.75, 3.05) is 13.1 Å². The molecule has 27 heteroatoms. The van der Waals surface area contributed by atoms with Crippen LogP contribution in [0.15, 0.2) is 48.5 Å². The number of aromatic hydroxyl groups is 2. The van der Waals surface area contributed by atoms with E-state index in [4.69, 9.17) is 11.5 Å². The molecule has 1 saturated heterocycles. The van der Waals surface area contributed by atoms with Crippen molar-refractivity contribution in [1.82, 2.24) is 47.4 Å². The van der Waals surface area contributed by atoms with E-state index in [1.54, 1.807) is 27.7 Å². The highest BCUT2D eigenvalue weighted by molar-refractivity contribution is 5.99. The number of rotatable bonds is 29. The maximum atomic E-state index is 14.1. The van der Waals surface area contributed by atoms with Gasteiger partial charge in [-0.1, -0.05) is 52.0 Å². The van der Waals surface area contributed by atoms with Gasteiger partial charge in [-0.15, -0.1) is 0 Å². The fraction of sp³-hybridized carbons (Fsp3) is 0.520. The first kappa shape index (κ1) is 62.9. The summed E-state index contributed by atoms with van der Waals surface area (Å²) in [4.78, 5) is 158. The van der Waals surface area contributed by atoms with Crippen LogP contribution < -0.4 is 54.0 Å². The molecule has 0 aliphatic carbocycles. The van der Waals surface area contributed by atoms with Gasteiger partial charge in [-0.25, -0.2) is 0 Å². The second-order valence-corrected chi connectivity index (χ2v) is 19.5. The lowest BCUT2D eigenvalue weighted by atomic mass is 10.0. The average Bonchev–Trinajstić information content (AvgIpc) is 3.85. The Morgan fingerprint density at radius 3 is 1.53 bits per heavy atom. The van der Waals surface area contributed by atoms with Gasteiger partial charge in [0.05, 0.1) is 18.9 Å². The fourth-order valence-corrected chi connectivity index (χ4v) is 7.98. The van der Waals surface area contributed by atoms with Gasteiger partial charge in [0.25, 0.3) is 0 Å². The van der Waals surface area contributed by atoms with Crippen molar-refractivity contribution in [3.8, 4) is 11.5 Å². The SMILES string of the molecule is CC(C)C[C@H](NC(=O)[C@H](C)NC(=O)[C@H](C)NC(=O)[C@@H]1CCCN1C(=O)[C@@H](NC(=O)[C@@H](N)CC(N)=O)C(C)C)C(=O)N[C@@H](CC(=O)O)C(=O)N[C@@H](Cc1ccc(O)cc1)C(=O)N[C@@H](Cc1ccc(O)cc1)C(=O)NCC(=O)O. The van der Waals surface area contributed by atoms with Crippen molar-refractivity contribution in [2.24, 2.45) is 23.3 Å². The van der Waals surface area contributed by atoms with Gasteiger partial charge >= 0.3 is 11.9 Å². The van der Waals surface area contributed by atoms with Crippen LogP contribution in [0, 0.1) is 11.8 Å². The van der Waals surface area contributed by atoms with E-state index in [0.717, 1.165) is 0 Å². The highest BCUT2D eigenvalue weighted by atomic mass is 16.4. The number of hydrogen-bond acceptors (Lipinski definition) is 15. The molecule has 0 radical (unpaired) electrons. The Hall–Kier alpha value is -8.36. The molecule has 2 aromatic rings. The zero-order valence-corrected chi connectivity index (χ0v) is 43.6. The molecule has 0 aromatic heterocycles. The third-order valence-corrected chi connectivity index (χ3v) is 12.1. The number of nitrogens with two attached hydrogens (primary N) is 2. The molecule has 1 fully saturated rings. The molecule has 27 nitrogen and oxygen atoms in total. The van der Waals surface area contributed by atoms with Crippen LogP contribution in [0.2, 0.25) is 0 Å². The fourth-order valence-electron chi connectivity index (χ4n) is 7.98. The third-order valence-electron chi connectivity index (χ3n) is 12.1. The zero-order valence-electron chi connectivity index (χ0n) is 43.6. The first-order chi connectivity index (χ1) is 36.1. The molecule has 422 valence electrons. The Balaban J connectivity index is 1.76. The molecule has 0 spiro atoms. The zero-order chi connectivity index (χ0) is 57.8. The highest BCUT2D eigenvalue weighted by Crippen LogP contribution is 2.21. The number of likely N-dealkylation sites (tertiary alicyclic amines) is 1. The van der Waals surface area contributed by atoms with Crippen LogP contribution in [0.4, 0.5) is 0 Å². The standard InChI is InChI=1S/C50H71N11O16/c1-24(2)18-33(56-43(70)27(6)54-42(69)26(5)55-49(76)37-8-7-17-61(37)50(77)41(25(3)4)60-44(71)32(51)21-38(52)64)46(73)59-36(22-39(65)66)48(75)58-35(20-29-11-15-31(63)16-12-29)47(74)57-34(45(72)53-23-40(67)68)19-28-9-13-30(62)14-10-28/h9-16,24-27,32-37,41,62-63H,7-8,17-23,51H2,1-6H3,(H2,52,64)(H,53,72)(H,54,69)(H,55,76)(H,56,70)(H,57,74)(H,58,75)(H,59,73)(H,60,71)(H,65,66)(H,67,68)/t26-,27-,32-,33-,34-,35-,36-,37-,41-/m0/s1. The number of benzene rings is 2. The van der Waals surface area contributed by atoms with Crippen molar-refractivity contribution in [2.45, 2.75) is 141 Å². The smallest absolute Gasteiger partial charge is 0.322 e. The minimum atomic E-state index is -1.89. The molecule has 1 aliphatic rings. The van der Waals surface area contributed by atoms with Crippen LogP contribution >= 0.6 is 0 Å². The number of phenolic OH excluding ortho intramolecular Hbond substituents is 2. The summed E-state index contributed by atoms with van der Waals surface area (Å²) >= 11 is 0. The lowest BCUT2D eigenvalue weighted by Gasteiger charge is -2.31. The lowest BCUT2D eigenvalue weighted by Crippen LogP contribution is -2.60. The predicted octanol–water partition coefficient (Wildman–Crippen LogP) is -3.11. The number of nitrogens with one attached hydrogen (secondary N) is 8. The number of aliphatic carboxylic acids is 2. The molecule has 2 aromatic carbocycles. The Labute approximate surface area is 443 Å². The first-order valence-electron chi connectivity index (χ1n) is 24.8. The number of amides is 10. The van der Waals surface area contributed by atoms with E-state index >= 15 is 0 Å². The summed E-state index contributed by atoms with van der Waals surface area (Å²) in [6, 6.07) is -1.51. The molecule has 1 heterocycles. The van der Waals surface area contributed by atoms with E-state index in [2.05, 4.69) is 42.5 Å². The molecule has 77 heavy (non-hydrogen) atoms. The van der Waals surface area contributed by atoms with Crippen LogP contribution in [-0.4, -0.2) is 164 Å². The minimum absolute atomic E-state index is 0.0670. The summed E-state index contributed by atoms with van der Waals surface area (Å²) in [5, 5.41) is 58.1. The number of carboxylic acids is 2. The minimum Gasteiger partial charge on any atom is -0.508 e. The van der Waals surface area contributed by atoms with Crippen molar-refractivity contribution in [3.05, 3.63) is 59.7 Å². The molecule has 9 atom stereocenters. The third kappa shape index (κ3) is 20.7. The summed E-state index contributed by atoms with van der Waals surface area (Å²) < 4.78 is 0. The molecule has 1 aliphatic heterocycles. The van der Waals surface area contributed by atoms with Gasteiger partial charge in [-0.05, 0) is 80.3 Å². The van der Waals surface area contributed by atoms with E-state index in [1.807, 2.05) is 0 Å². The summed E-state index contributed by atoms with van der Waals surface area (Å²) in [6.07, 6.45) is -1.46. The maximum absolute atomic E-state index is 14.1. The van der Waals surface area contributed by atoms with Crippen LogP contribution in [0.3, 0.4) is 0 Å². The van der Waals surface area contributed by atoms with E-state index in [0.29, 0.717) is 17.5 Å². The second kappa shape index (κ2) is 29.7. The van der Waals surface area contributed by atoms with E-state index in [-0.39, 0.29) is 49.6 Å². The highest BCUT2D eigenvalue weighted by Gasteiger charge is 2.40. The quantitative estimate of drug-likeness (QED) is 0.0383. The van der Waals surface area contributed by atoms with Crippen LogP contribution in [0.5, 0.6) is 11.5 Å². The normalized spacial score (nSPS) is 16.2. The van der Waals surface area contributed by atoms with Gasteiger partial charge in [0.15, 0.2) is 0 Å². The van der Waals surface area contributed by atoms with Crippen molar-refractivity contribution >= 4 is 71.0 Å². The van der Waals surface area contributed by atoms with Gasteiger partial charge in [0, 0.05) is 19.4 Å². The molecular formula is C50H71N11O16. The van der Waals surface area contributed by atoms with Gasteiger partial charge in [-0.2, -0.15) is 0 Å². The van der Waals surface area contributed by atoms with Gasteiger partial charge in [0.2, 0.25) is 59.1 Å². The van der Waals surface area contributed by atoms with Gasteiger partial charge in [-0.3, -0.25) is 57.5 Å². The molecule has 0 unspecified atom stereocenters. The summed E-state index contributed by atoms with van der Waals surface area (Å²) in [7, 11) is 0. The Morgan fingerprint density at radius 1 is 0.571 bits per heavy atom. The number of carboxylic acid groups (broad SMARTS) is 2. The topological polar surface area (TPSA) is 437 Å². The van der Waals surface area contributed by atoms with E-state index in [9.17, 15) is 78.0 Å². The van der Waals surface area contributed by atoms with Crippen LogP contribution in [-0.2, 0) is 70.4 Å². The number of phenols is 2. The van der Waals surface area contributed by atoms with Crippen LogP contribution in [0.25, 0.3) is 0 Å². The number of nitrogens with zero attached hydrogens (tertiary/aromatic N) is 1. The molecule has 16 N–H and O–H groups in total. The van der Waals surface area contributed by atoms with Crippen molar-refractivity contribution < 1.29 is 78.0 Å². The maximum Gasteiger partial charge on any atom is 0.322 e. The first-order valence-corrected chi connectivity index (χ1v) is 24.8. The predicted molar refractivity (Wildman–Crippen MR) is 272 cm³/mol. The second-order valence-electron chi connectivity index (χ2n) is 19.5. The summed E-state index contributed by atoms with van der Waals surface area (Å²) in [6.45, 7) is 8.67. The van der Waals surface area contributed by atoms with Crippen LogP contribution in [0.1, 0.15) is 84.8 Å². The van der Waals surface area contributed by atoms with Crippen molar-refractivity contribution in [1.29, 1.82) is 0 Å². The molecule has 0 bridgehead atoms. The lowest BCUT2D eigenvalue weighted by molar-refractivity contribution is -0.143. The van der Waals surface area contributed by atoms with E-state index in [1.165, 1.54) is 67.3 Å². The number of primary amides is 1. The molecular weight excluding hydrogens is 1010 g/mol. The van der Waals surface area contributed by atoms with Gasteiger partial charge in [0.1, 0.15) is 66.4 Å². The van der Waals surface area contributed by atoms with Gasteiger partial charge < -0.3 is 79.3 Å². The number of carbonyl (C=O) groups is 12. The molecule has 3 rings (SSSR count). The molecule has 0 saturated carbocycles. The monoisotopic (exact) mass is 1080 g/mol. The Kier molecular flexibility index (Phi) is 24.2. The van der Waals surface area contributed by atoms with Crippen molar-refractivity contribution in [3.63, 3.8) is 0 Å². The number of hydrogen-bond donors (Lipinski definition) is 14. The van der Waals surface area contributed by atoms with E-state index < -0.39 is 151 Å². The molecule has 10 amide bonds. The summed E-state index contributed by atoms with van der Waals surface area (Å²) in [5.74, 6) is -12.7.